The Kier molecular flexibility index (Phi) is 2.01. The normalized spacial score (nSPS) is 44.8. The number of hydrogen-bond donors (Lipinski definition) is 0. The number of alkyl halides is 2. The largest absolute Gasteiger partial charge is 0.461 e. The van der Waals surface area contributed by atoms with Gasteiger partial charge in [0.1, 0.15) is 0 Å². The summed E-state index contributed by atoms with van der Waals surface area (Å²) in [6.45, 7) is 7.97. The van der Waals surface area contributed by atoms with Crippen LogP contribution >= 0.6 is 0 Å². The van der Waals surface area contributed by atoms with Gasteiger partial charge in [-0.05, 0) is 46.4 Å². The number of halogens is 2. The summed E-state index contributed by atoms with van der Waals surface area (Å²) in [6.07, 6.45) is 1.17. The molecule has 0 amide bonds. The first-order chi connectivity index (χ1) is 7.59. The summed E-state index contributed by atoms with van der Waals surface area (Å²) in [5.74, 6) is -2.28. The smallest absolute Gasteiger partial charge is 0.403 e. The van der Waals surface area contributed by atoms with E-state index in [0.717, 1.165) is 0 Å². The Labute approximate surface area is 101 Å². The van der Waals surface area contributed by atoms with E-state index in [9.17, 15) is 8.78 Å². The molecule has 5 heteroatoms. The maximum absolute atomic E-state index is 13.1. The molecule has 0 radical (unpaired) electrons. The van der Waals surface area contributed by atoms with Crippen molar-refractivity contribution in [3.05, 3.63) is 0 Å². The Morgan fingerprint density at radius 2 is 1.41 bits per heavy atom. The van der Waals surface area contributed by atoms with E-state index in [1.165, 1.54) is 0 Å². The van der Waals surface area contributed by atoms with Gasteiger partial charge >= 0.3 is 7.12 Å². The summed E-state index contributed by atoms with van der Waals surface area (Å²) in [7, 11) is -0.304. The van der Waals surface area contributed by atoms with Crippen molar-refractivity contribution in [2.75, 3.05) is 0 Å². The lowest BCUT2D eigenvalue weighted by atomic mass is 9.54. The maximum atomic E-state index is 13.1. The zero-order valence-corrected chi connectivity index (χ0v) is 10.8. The second kappa shape index (κ2) is 2.88. The zero-order valence-electron chi connectivity index (χ0n) is 10.8. The first kappa shape index (κ1) is 11.9. The highest BCUT2D eigenvalue weighted by molar-refractivity contribution is 6.47. The third-order valence-corrected chi connectivity index (χ3v) is 5.17. The van der Waals surface area contributed by atoms with Gasteiger partial charge in [0.15, 0.2) is 0 Å². The molecule has 1 spiro atoms. The van der Waals surface area contributed by atoms with Crippen molar-refractivity contribution >= 4 is 7.12 Å². The fourth-order valence-corrected chi connectivity index (χ4v) is 3.04. The van der Waals surface area contributed by atoms with Crippen molar-refractivity contribution in [2.45, 2.75) is 69.9 Å². The molecule has 0 bridgehead atoms. The molecule has 0 atom stereocenters. The quantitative estimate of drug-likeness (QED) is 0.659. The van der Waals surface area contributed by atoms with Gasteiger partial charge < -0.3 is 9.31 Å². The molecule has 0 aromatic rings. The molecule has 3 fully saturated rings. The van der Waals surface area contributed by atoms with E-state index in [0.29, 0.717) is 12.8 Å². The summed E-state index contributed by atoms with van der Waals surface area (Å²) in [5.41, 5.74) is -1.40. The average Bonchev–Trinajstić information content (AvgIpc) is 2.56. The van der Waals surface area contributed by atoms with Crippen LogP contribution in [0.2, 0.25) is 5.82 Å². The van der Waals surface area contributed by atoms with Crippen LogP contribution in [0.5, 0.6) is 0 Å². The Hall–Kier alpha value is -0.155. The molecule has 1 heterocycles. The number of rotatable bonds is 1. The van der Waals surface area contributed by atoms with Crippen molar-refractivity contribution in [1.82, 2.24) is 0 Å². The molecular weight excluding hydrogens is 225 g/mol. The lowest BCUT2D eigenvalue weighted by molar-refractivity contribution is 0.00578. The molecule has 0 aromatic carbocycles. The topological polar surface area (TPSA) is 18.5 Å². The summed E-state index contributed by atoms with van der Waals surface area (Å²) >= 11 is 0. The molecular formula is C12H19BF2O2. The molecule has 2 saturated carbocycles. The second-order valence-electron chi connectivity index (χ2n) is 6.95. The summed E-state index contributed by atoms with van der Waals surface area (Å²) < 4.78 is 38.0. The van der Waals surface area contributed by atoms with Gasteiger partial charge in [-0.25, -0.2) is 8.78 Å². The molecule has 1 aliphatic heterocycles. The molecule has 1 saturated heterocycles. The van der Waals surface area contributed by atoms with Crippen molar-refractivity contribution in [2.24, 2.45) is 5.41 Å². The molecule has 96 valence electrons. The fourth-order valence-electron chi connectivity index (χ4n) is 3.04. The van der Waals surface area contributed by atoms with Crippen LogP contribution in [-0.2, 0) is 9.31 Å². The van der Waals surface area contributed by atoms with Gasteiger partial charge in [-0.3, -0.25) is 0 Å². The van der Waals surface area contributed by atoms with Crippen LogP contribution in [0.25, 0.3) is 0 Å². The van der Waals surface area contributed by atoms with Gasteiger partial charge in [0.05, 0.1) is 11.2 Å². The van der Waals surface area contributed by atoms with E-state index in [1.54, 1.807) is 0 Å². The molecule has 2 nitrogen and oxygen atoms in total. The standard InChI is InChI=1S/C12H19BF2O2/c1-9(2)10(3,4)17-13(16-9)8-5-11(6-8)7-12(11,14)15/h8H,5-7H2,1-4H3. The average molecular weight is 244 g/mol. The second-order valence-corrected chi connectivity index (χ2v) is 6.95. The molecule has 0 aromatic heterocycles. The molecule has 0 unspecified atom stereocenters. The Morgan fingerprint density at radius 3 is 1.76 bits per heavy atom. The Balaban J connectivity index is 1.63. The van der Waals surface area contributed by atoms with Gasteiger partial charge in [-0.1, -0.05) is 0 Å². The third kappa shape index (κ3) is 1.45. The number of hydrogen-bond acceptors (Lipinski definition) is 2. The third-order valence-electron chi connectivity index (χ3n) is 5.17. The summed E-state index contributed by atoms with van der Waals surface area (Å²) in [6, 6.07) is 0. The van der Waals surface area contributed by atoms with Crippen LogP contribution in [0, 0.1) is 5.41 Å². The summed E-state index contributed by atoms with van der Waals surface area (Å²) in [5, 5.41) is 0. The SMILES string of the molecule is CC1(C)OB(C2CC3(C2)CC3(F)F)OC1(C)C. The van der Waals surface area contributed by atoms with Gasteiger partial charge in [0.2, 0.25) is 0 Å². The van der Waals surface area contributed by atoms with Crippen molar-refractivity contribution < 1.29 is 18.1 Å². The lowest BCUT2D eigenvalue weighted by Gasteiger charge is -2.36. The van der Waals surface area contributed by atoms with Crippen LogP contribution < -0.4 is 0 Å². The highest BCUT2D eigenvalue weighted by Gasteiger charge is 2.77. The van der Waals surface area contributed by atoms with E-state index < -0.39 is 11.3 Å². The summed E-state index contributed by atoms with van der Waals surface area (Å²) in [4.78, 5) is 0. The van der Waals surface area contributed by atoms with E-state index >= 15 is 0 Å². The van der Waals surface area contributed by atoms with Crippen LogP contribution in [0.3, 0.4) is 0 Å². The van der Waals surface area contributed by atoms with Gasteiger partial charge in [0.25, 0.3) is 5.92 Å². The molecule has 3 aliphatic rings. The van der Waals surface area contributed by atoms with E-state index in [4.69, 9.17) is 9.31 Å². The van der Waals surface area contributed by atoms with Crippen LogP contribution in [-0.4, -0.2) is 24.2 Å². The van der Waals surface area contributed by atoms with E-state index in [1.807, 2.05) is 27.7 Å². The first-order valence-corrected chi connectivity index (χ1v) is 6.32. The van der Waals surface area contributed by atoms with Gasteiger partial charge in [-0.15, -0.1) is 0 Å². The van der Waals surface area contributed by atoms with Crippen LogP contribution in [0.4, 0.5) is 8.78 Å². The first-order valence-electron chi connectivity index (χ1n) is 6.32. The van der Waals surface area contributed by atoms with Gasteiger partial charge in [0, 0.05) is 11.8 Å². The highest BCUT2D eigenvalue weighted by Crippen LogP contribution is 2.75. The Morgan fingerprint density at radius 1 is 1.00 bits per heavy atom. The van der Waals surface area contributed by atoms with Crippen molar-refractivity contribution in [3.63, 3.8) is 0 Å². The minimum atomic E-state index is -2.42. The minimum absolute atomic E-state index is 0.0655. The monoisotopic (exact) mass is 244 g/mol. The Bertz CT molecular complexity index is 346. The maximum Gasteiger partial charge on any atom is 0.461 e. The minimum Gasteiger partial charge on any atom is -0.403 e. The van der Waals surface area contributed by atoms with Crippen molar-refractivity contribution in [3.8, 4) is 0 Å². The highest BCUT2D eigenvalue weighted by atomic mass is 19.3. The van der Waals surface area contributed by atoms with Crippen molar-refractivity contribution in [1.29, 1.82) is 0 Å². The van der Waals surface area contributed by atoms with E-state index in [-0.39, 0.29) is 30.6 Å². The molecule has 3 rings (SSSR count). The molecule has 0 N–H and O–H groups in total. The molecule has 2 aliphatic carbocycles. The van der Waals surface area contributed by atoms with Crippen LogP contribution in [0.1, 0.15) is 47.0 Å². The lowest BCUT2D eigenvalue weighted by Crippen LogP contribution is -2.41. The van der Waals surface area contributed by atoms with Crippen LogP contribution in [0.15, 0.2) is 0 Å². The van der Waals surface area contributed by atoms with Gasteiger partial charge in [-0.2, -0.15) is 0 Å². The predicted molar refractivity (Wildman–Crippen MR) is 61.1 cm³/mol. The molecule has 17 heavy (non-hydrogen) atoms. The zero-order chi connectivity index (χ0) is 12.7. The predicted octanol–water partition coefficient (Wildman–Crippen LogP) is 3.27. The fraction of sp³-hybridized carbons (Fsp3) is 1.00. The van der Waals surface area contributed by atoms with E-state index in [2.05, 4.69) is 0 Å².